The van der Waals surface area contributed by atoms with E-state index in [1.165, 1.54) is 37.1 Å². The predicted octanol–water partition coefficient (Wildman–Crippen LogP) is 3.66. The van der Waals surface area contributed by atoms with Gasteiger partial charge < -0.3 is 5.32 Å². The van der Waals surface area contributed by atoms with Crippen LogP contribution in [0.25, 0.3) is 0 Å². The van der Waals surface area contributed by atoms with Crippen molar-refractivity contribution in [3.8, 4) is 0 Å². The normalized spacial score (nSPS) is 18.0. The predicted molar refractivity (Wildman–Crippen MR) is 88.5 cm³/mol. The molecule has 0 aromatic carbocycles. The van der Waals surface area contributed by atoms with Crippen LogP contribution in [0.15, 0.2) is 12.3 Å². The second kappa shape index (κ2) is 8.08. The van der Waals surface area contributed by atoms with E-state index in [4.69, 9.17) is 0 Å². The first-order valence-electron chi connectivity index (χ1n) is 8.08. The van der Waals surface area contributed by atoms with Crippen molar-refractivity contribution in [1.29, 1.82) is 0 Å². The van der Waals surface area contributed by atoms with Gasteiger partial charge in [-0.2, -0.15) is 16.9 Å². The van der Waals surface area contributed by atoms with E-state index in [0.717, 1.165) is 18.2 Å². The molecule has 1 fully saturated rings. The van der Waals surface area contributed by atoms with Crippen molar-refractivity contribution in [2.45, 2.75) is 70.2 Å². The Balaban J connectivity index is 1.83. The summed E-state index contributed by atoms with van der Waals surface area (Å²) in [4.78, 5) is 0. The SMILES string of the molecule is CCNC(CSC1CCCC1)Cc1ccn(C(C)C)n1. The van der Waals surface area contributed by atoms with Gasteiger partial charge in [0.15, 0.2) is 0 Å². The fourth-order valence-corrected chi connectivity index (χ4v) is 4.22. The van der Waals surface area contributed by atoms with E-state index in [-0.39, 0.29) is 0 Å². The summed E-state index contributed by atoms with van der Waals surface area (Å²) in [6.45, 7) is 7.59. The van der Waals surface area contributed by atoms with E-state index in [2.05, 4.69) is 59.9 Å². The quantitative estimate of drug-likeness (QED) is 0.794. The van der Waals surface area contributed by atoms with Gasteiger partial charge in [-0.3, -0.25) is 4.68 Å². The highest BCUT2D eigenvalue weighted by Crippen LogP contribution is 2.30. The van der Waals surface area contributed by atoms with Crippen molar-refractivity contribution < 1.29 is 0 Å². The lowest BCUT2D eigenvalue weighted by Gasteiger charge is -2.18. The molecular formula is C16H29N3S. The molecule has 3 nitrogen and oxygen atoms in total. The monoisotopic (exact) mass is 295 g/mol. The van der Waals surface area contributed by atoms with E-state index >= 15 is 0 Å². The van der Waals surface area contributed by atoms with Gasteiger partial charge in [-0.15, -0.1) is 0 Å². The van der Waals surface area contributed by atoms with Gasteiger partial charge in [0.2, 0.25) is 0 Å². The molecule has 1 unspecified atom stereocenters. The van der Waals surface area contributed by atoms with E-state index in [1.807, 2.05) is 0 Å². The Bertz CT molecular complexity index is 383. The van der Waals surface area contributed by atoms with Crippen LogP contribution in [0, 0.1) is 0 Å². The minimum Gasteiger partial charge on any atom is -0.313 e. The van der Waals surface area contributed by atoms with Crippen LogP contribution in [-0.2, 0) is 6.42 Å². The van der Waals surface area contributed by atoms with Crippen LogP contribution in [0.5, 0.6) is 0 Å². The summed E-state index contributed by atoms with van der Waals surface area (Å²) in [7, 11) is 0. The number of likely N-dealkylation sites (N-methyl/N-ethyl adjacent to an activating group) is 1. The number of hydrogen-bond donors (Lipinski definition) is 1. The number of rotatable bonds is 8. The lowest BCUT2D eigenvalue weighted by Crippen LogP contribution is -2.34. The van der Waals surface area contributed by atoms with Crippen molar-refractivity contribution in [2.24, 2.45) is 0 Å². The Kier molecular flexibility index (Phi) is 6.43. The maximum absolute atomic E-state index is 4.68. The topological polar surface area (TPSA) is 29.9 Å². The number of thioether (sulfide) groups is 1. The summed E-state index contributed by atoms with van der Waals surface area (Å²) in [5.74, 6) is 1.22. The lowest BCUT2D eigenvalue weighted by atomic mass is 10.2. The van der Waals surface area contributed by atoms with Gasteiger partial charge in [-0.25, -0.2) is 0 Å². The highest BCUT2D eigenvalue weighted by molar-refractivity contribution is 7.99. The van der Waals surface area contributed by atoms with Gasteiger partial charge in [0.1, 0.15) is 0 Å². The minimum absolute atomic E-state index is 0.453. The Morgan fingerprint density at radius 3 is 2.75 bits per heavy atom. The van der Waals surface area contributed by atoms with Crippen LogP contribution in [0.4, 0.5) is 0 Å². The van der Waals surface area contributed by atoms with E-state index < -0.39 is 0 Å². The third-order valence-electron chi connectivity index (χ3n) is 3.98. The van der Waals surface area contributed by atoms with Crippen LogP contribution in [0.2, 0.25) is 0 Å². The van der Waals surface area contributed by atoms with Gasteiger partial charge in [-0.05, 0) is 39.3 Å². The van der Waals surface area contributed by atoms with E-state index in [0.29, 0.717) is 12.1 Å². The summed E-state index contributed by atoms with van der Waals surface area (Å²) in [5, 5.41) is 9.21. The van der Waals surface area contributed by atoms with Crippen LogP contribution >= 0.6 is 11.8 Å². The highest BCUT2D eigenvalue weighted by Gasteiger charge is 2.18. The minimum atomic E-state index is 0.453. The number of nitrogens with zero attached hydrogens (tertiary/aromatic N) is 2. The van der Waals surface area contributed by atoms with Crippen LogP contribution < -0.4 is 5.32 Å². The average molecular weight is 295 g/mol. The summed E-state index contributed by atoms with van der Waals surface area (Å²) in [5.41, 5.74) is 1.22. The third kappa shape index (κ3) is 4.81. The van der Waals surface area contributed by atoms with Crippen molar-refractivity contribution in [1.82, 2.24) is 15.1 Å². The van der Waals surface area contributed by atoms with Crippen molar-refractivity contribution in [3.63, 3.8) is 0 Å². The van der Waals surface area contributed by atoms with Gasteiger partial charge in [0.25, 0.3) is 0 Å². The molecule has 0 bridgehead atoms. The van der Waals surface area contributed by atoms with Gasteiger partial charge >= 0.3 is 0 Å². The Hall–Kier alpha value is -0.480. The molecular weight excluding hydrogens is 266 g/mol. The second-order valence-electron chi connectivity index (χ2n) is 6.08. The molecule has 1 heterocycles. The molecule has 0 radical (unpaired) electrons. The molecule has 1 aromatic rings. The summed E-state index contributed by atoms with van der Waals surface area (Å²) in [6.07, 6.45) is 8.86. The average Bonchev–Trinajstić information content (AvgIpc) is 3.07. The first-order chi connectivity index (χ1) is 9.69. The fourth-order valence-electron chi connectivity index (χ4n) is 2.81. The zero-order valence-electron chi connectivity index (χ0n) is 13.1. The number of aromatic nitrogens is 2. The van der Waals surface area contributed by atoms with Crippen molar-refractivity contribution >= 4 is 11.8 Å². The summed E-state index contributed by atoms with van der Waals surface area (Å²) >= 11 is 2.17. The lowest BCUT2D eigenvalue weighted by molar-refractivity contribution is 0.513. The maximum atomic E-state index is 4.68. The van der Waals surface area contributed by atoms with Crippen molar-refractivity contribution in [2.75, 3.05) is 12.3 Å². The summed E-state index contributed by atoms with van der Waals surface area (Å²) in [6, 6.07) is 3.18. The molecule has 1 aromatic heterocycles. The van der Waals surface area contributed by atoms with Crippen LogP contribution in [0.3, 0.4) is 0 Å². The first-order valence-corrected chi connectivity index (χ1v) is 9.13. The standard InChI is InChI=1S/C16H29N3S/c1-4-17-15(12-20-16-7-5-6-8-16)11-14-9-10-19(18-14)13(2)3/h9-10,13,15-17H,4-8,11-12H2,1-3H3. The molecule has 1 aliphatic carbocycles. The second-order valence-corrected chi connectivity index (χ2v) is 7.41. The molecule has 0 amide bonds. The fraction of sp³-hybridized carbons (Fsp3) is 0.812. The van der Waals surface area contributed by atoms with Gasteiger partial charge in [-0.1, -0.05) is 19.8 Å². The summed E-state index contributed by atoms with van der Waals surface area (Å²) < 4.78 is 2.06. The molecule has 20 heavy (non-hydrogen) atoms. The molecule has 0 aliphatic heterocycles. The van der Waals surface area contributed by atoms with Crippen molar-refractivity contribution in [3.05, 3.63) is 18.0 Å². The Morgan fingerprint density at radius 2 is 2.15 bits per heavy atom. The first kappa shape index (κ1) is 15.9. The zero-order chi connectivity index (χ0) is 14.4. The molecule has 4 heteroatoms. The molecule has 0 saturated heterocycles. The Labute approximate surface area is 127 Å². The molecule has 114 valence electrons. The zero-order valence-corrected chi connectivity index (χ0v) is 14.0. The molecule has 1 N–H and O–H groups in total. The molecule has 2 rings (SSSR count). The number of nitrogens with one attached hydrogen (secondary N) is 1. The Morgan fingerprint density at radius 1 is 1.40 bits per heavy atom. The maximum Gasteiger partial charge on any atom is 0.0640 e. The number of hydrogen-bond acceptors (Lipinski definition) is 3. The highest BCUT2D eigenvalue weighted by atomic mass is 32.2. The van der Waals surface area contributed by atoms with E-state index in [9.17, 15) is 0 Å². The molecule has 1 aliphatic rings. The van der Waals surface area contributed by atoms with Gasteiger partial charge in [0.05, 0.1) is 5.69 Å². The molecule has 0 spiro atoms. The molecule has 1 atom stereocenters. The smallest absolute Gasteiger partial charge is 0.0640 e. The van der Waals surface area contributed by atoms with Gasteiger partial charge in [0, 0.05) is 35.7 Å². The van der Waals surface area contributed by atoms with Crippen LogP contribution in [-0.4, -0.2) is 33.4 Å². The van der Waals surface area contributed by atoms with Crippen LogP contribution in [0.1, 0.15) is 58.2 Å². The molecule has 1 saturated carbocycles. The largest absolute Gasteiger partial charge is 0.313 e. The van der Waals surface area contributed by atoms with E-state index in [1.54, 1.807) is 0 Å². The third-order valence-corrected chi connectivity index (χ3v) is 5.51.